The minimum absolute atomic E-state index is 0.0187. The molecular weight excluding hydrogens is 450 g/mol. The maximum Gasteiger partial charge on any atom is 0.340 e. The number of oxazole rings is 1. The maximum atomic E-state index is 12.8. The molecule has 0 atom stereocenters. The summed E-state index contributed by atoms with van der Waals surface area (Å²) in [4.78, 5) is 17.1. The smallest absolute Gasteiger partial charge is 0.340 e. The number of hydrogen-bond acceptors (Lipinski definition) is 9. The zero-order valence-electron chi connectivity index (χ0n) is 18.4. The van der Waals surface area contributed by atoms with Crippen molar-refractivity contribution in [2.24, 2.45) is 0 Å². The minimum atomic E-state index is -3.76. The van der Waals surface area contributed by atoms with E-state index in [4.69, 9.17) is 19.0 Å². The van der Waals surface area contributed by atoms with Crippen LogP contribution in [0.3, 0.4) is 0 Å². The number of carbonyl (C=O) groups excluding carboxylic acids is 1. The highest BCUT2D eigenvalue weighted by molar-refractivity contribution is 7.89. The van der Waals surface area contributed by atoms with Crippen molar-refractivity contribution < 1.29 is 32.2 Å². The number of sulfonamides is 1. The average molecular weight is 476 g/mol. The van der Waals surface area contributed by atoms with Gasteiger partial charge in [0.2, 0.25) is 15.9 Å². The van der Waals surface area contributed by atoms with E-state index in [0.29, 0.717) is 23.0 Å². The van der Waals surface area contributed by atoms with Gasteiger partial charge in [-0.2, -0.15) is 0 Å². The quantitative estimate of drug-likeness (QED) is 0.424. The number of methoxy groups -OCH3 is 1. The number of aromatic nitrogens is 1. The van der Waals surface area contributed by atoms with Crippen LogP contribution in [0.1, 0.15) is 16.1 Å². The van der Waals surface area contributed by atoms with Gasteiger partial charge < -0.3 is 24.3 Å². The summed E-state index contributed by atoms with van der Waals surface area (Å²) in [6, 6.07) is 11.2. The number of esters is 1. The van der Waals surface area contributed by atoms with Crippen LogP contribution >= 0.6 is 0 Å². The van der Waals surface area contributed by atoms with E-state index in [1.165, 1.54) is 38.6 Å². The van der Waals surface area contributed by atoms with Crippen LogP contribution in [0.25, 0.3) is 11.5 Å². The molecular formula is C22H25N3O7S. The van der Waals surface area contributed by atoms with Crippen molar-refractivity contribution in [1.82, 2.24) is 9.29 Å². The Balaban J connectivity index is 1.78. The molecule has 0 fully saturated rings. The Morgan fingerprint density at radius 3 is 2.55 bits per heavy atom. The molecule has 1 heterocycles. The summed E-state index contributed by atoms with van der Waals surface area (Å²) >= 11 is 0. The molecule has 0 aliphatic carbocycles. The summed E-state index contributed by atoms with van der Waals surface area (Å²) in [5.74, 6) is 0.303. The lowest BCUT2D eigenvalue weighted by molar-refractivity contribution is 0.0468. The molecule has 0 saturated carbocycles. The van der Waals surface area contributed by atoms with Gasteiger partial charge in [0.1, 0.15) is 24.3 Å². The van der Waals surface area contributed by atoms with Crippen LogP contribution in [0.5, 0.6) is 5.75 Å². The minimum Gasteiger partial charge on any atom is -0.497 e. The number of nitrogens with zero attached hydrogens (tertiary/aromatic N) is 2. The number of hydrogen-bond donors (Lipinski definition) is 2. The number of carbonyl (C=O) groups is 1. The van der Waals surface area contributed by atoms with Crippen LogP contribution in [0, 0.1) is 0 Å². The summed E-state index contributed by atoms with van der Waals surface area (Å²) < 4.78 is 41.9. The first kappa shape index (κ1) is 24.2. The van der Waals surface area contributed by atoms with Crippen molar-refractivity contribution in [1.29, 1.82) is 0 Å². The van der Waals surface area contributed by atoms with E-state index in [1.54, 1.807) is 31.4 Å². The van der Waals surface area contributed by atoms with Gasteiger partial charge in [-0.15, -0.1) is 0 Å². The van der Waals surface area contributed by atoms with E-state index in [-0.39, 0.29) is 30.2 Å². The number of rotatable bonds is 10. The van der Waals surface area contributed by atoms with Crippen molar-refractivity contribution in [2.75, 3.05) is 39.7 Å². The molecule has 33 heavy (non-hydrogen) atoms. The lowest BCUT2D eigenvalue weighted by Gasteiger charge is -2.15. The second-order valence-corrected chi connectivity index (χ2v) is 9.25. The number of benzene rings is 2. The largest absolute Gasteiger partial charge is 0.497 e. The third-order valence-corrected chi connectivity index (χ3v) is 6.47. The Kier molecular flexibility index (Phi) is 7.69. The van der Waals surface area contributed by atoms with Gasteiger partial charge in [-0.25, -0.2) is 22.5 Å². The van der Waals surface area contributed by atoms with Crippen LogP contribution in [-0.4, -0.2) is 63.1 Å². The summed E-state index contributed by atoms with van der Waals surface area (Å²) in [7, 11) is 0.613. The molecule has 3 aromatic rings. The topological polar surface area (TPSA) is 131 Å². The summed E-state index contributed by atoms with van der Waals surface area (Å²) in [6.07, 6.45) is 1.38. The van der Waals surface area contributed by atoms with Gasteiger partial charge in [0.25, 0.3) is 0 Å². The summed E-state index contributed by atoms with van der Waals surface area (Å²) in [6.45, 7) is -0.170. The van der Waals surface area contributed by atoms with Crippen molar-refractivity contribution in [2.45, 2.75) is 11.5 Å². The molecule has 0 saturated heterocycles. The second kappa shape index (κ2) is 10.5. The first-order valence-corrected chi connectivity index (χ1v) is 11.4. The molecule has 0 spiro atoms. The average Bonchev–Trinajstić information content (AvgIpc) is 3.30. The summed E-state index contributed by atoms with van der Waals surface area (Å²) in [5, 5.41) is 12.0. The molecule has 2 N–H and O–H groups in total. The van der Waals surface area contributed by atoms with Crippen LogP contribution < -0.4 is 10.1 Å². The van der Waals surface area contributed by atoms with Crippen molar-refractivity contribution in [3.63, 3.8) is 0 Å². The van der Waals surface area contributed by atoms with Crippen LogP contribution in [0.2, 0.25) is 0 Å². The van der Waals surface area contributed by atoms with E-state index < -0.39 is 16.0 Å². The van der Waals surface area contributed by atoms with Crippen LogP contribution in [0.15, 0.2) is 58.0 Å². The molecule has 0 radical (unpaired) electrons. The Morgan fingerprint density at radius 1 is 1.18 bits per heavy atom. The highest BCUT2D eigenvalue weighted by Gasteiger charge is 2.22. The molecule has 0 aliphatic rings. The fourth-order valence-electron chi connectivity index (χ4n) is 2.86. The van der Waals surface area contributed by atoms with Gasteiger partial charge >= 0.3 is 5.97 Å². The predicted octanol–water partition coefficient (Wildman–Crippen LogP) is 2.36. The summed E-state index contributed by atoms with van der Waals surface area (Å²) in [5.41, 5.74) is 1.47. The number of aliphatic hydroxyl groups is 1. The van der Waals surface area contributed by atoms with Gasteiger partial charge in [-0.1, -0.05) is 0 Å². The monoisotopic (exact) mass is 475 g/mol. The molecule has 0 amide bonds. The zero-order chi connectivity index (χ0) is 24.0. The molecule has 0 bridgehead atoms. The SMILES string of the molecule is COc1ccc(-c2nc(COC(=O)c3cc(S(=O)(=O)N(C)C)ccc3NCCO)co2)cc1. The van der Waals surface area contributed by atoms with Gasteiger partial charge in [0, 0.05) is 31.9 Å². The van der Waals surface area contributed by atoms with Crippen molar-refractivity contribution >= 4 is 21.7 Å². The van der Waals surface area contributed by atoms with E-state index in [9.17, 15) is 13.2 Å². The van der Waals surface area contributed by atoms with E-state index in [1.807, 2.05) is 0 Å². The van der Waals surface area contributed by atoms with Crippen molar-refractivity contribution in [3.8, 4) is 17.2 Å². The van der Waals surface area contributed by atoms with E-state index >= 15 is 0 Å². The zero-order valence-corrected chi connectivity index (χ0v) is 19.3. The molecule has 2 aromatic carbocycles. The fourth-order valence-corrected chi connectivity index (χ4v) is 3.79. The first-order chi connectivity index (χ1) is 15.8. The number of nitrogens with one attached hydrogen (secondary N) is 1. The number of aliphatic hydroxyl groups excluding tert-OH is 1. The molecule has 176 valence electrons. The standard InChI is InChI=1S/C22H25N3O7S/c1-25(2)33(28,29)18-8-9-20(23-10-11-26)19(12-18)22(27)32-14-16-13-31-21(24-16)15-4-6-17(30-3)7-5-15/h4-9,12-13,23,26H,10-11,14H2,1-3H3. The Morgan fingerprint density at radius 2 is 1.91 bits per heavy atom. The first-order valence-electron chi connectivity index (χ1n) is 9.93. The van der Waals surface area contributed by atoms with Gasteiger partial charge in [-0.3, -0.25) is 0 Å². The second-order valence-electron chi connectivity index (χ2n) is 7.09. The molecule has 0 unspecified atom stereocenters. The third-order valence-electron chi connectivity index (χ3n) is 4.66. The van der Waals surface area contributed by atoms with Gasteiger partial charge in [0.05, 0.1) is 24.2 Å². The van der Waals surface area contributed by atoms with Gasteiger partial charge in [0.15, 0.2) is 0 Å². The molecule has 10 nitrogen and oxygen atoms in total. The molecule has 11 heteroatoms. The number of ether oxygens (including phenoxy) is 2. The Bertz CT molecular complexity index is 1200. The highest BCUT2D eigenvalue weighted by Crippen LogP contribution is 2.25. The van der Waals surface area contributed by atoms with E-state index in [2.05, 4.69) is 10.3 Å². The van der Waals surface area contributed by atoms with Crippen molar-refractivity contribution in [3.05, 3.63) is 60.0 Å². The van der Waals surface area contributed by atoms with Crippen LogP contribution in [-0.2, 0) is 21.4 Å². The predicted molar refractivity (Wildman–Crippen MR) is 121 cm³/mol. The lowest BCUT2D eigenvalue weighted by atomic mass is 10.2. The maximum absolute atomic E-state index is 12.8. The Labute approximate surface area is 191 Å². The molecule has 0 aliphatic heterocycles. The fraction of sp³-hybridized carbons (Fsp3) is 0.273. The number of anilines is 1. The molecule has 1 aromatic heterocycles. The highest BCUT2D eigenvalue weighted by atomic mass is 32.2. The van der Waals surface area contributed by atoms with E-state index in [0.717, 1.165) is 9.87 Å². The Hall–Kier alpha value is -3.41. The van der Waals surface area contributed by atoms with Gasteiger partial charge in [-0.05, 0) is 42.5 Å². The third kappa shape index (κ3) is 5.69. The molecule has 3 rings (SSSR count). The normalized spacial score (nSPS) is 11.4. The van der Waals surface area contributed by atoms with Crippen LogP contribution in [0.4, 0.5) is 5.69 Å². The lowest BCUT2D eigenvalue weighted by Crippen LogP contribution is -2.23.